The molecule has 0 bridgehead atoms. The largest absolute Gasteiger partial charge is 0.459 e. The maximum absolute atomic E-state index is 11.6. The molecule has 0 saturated heterocycles. The molecule has 0 unspecified atom stereocenters. The van der Waals surface area contributed by atoms with Crippen LogP contribution in [0.5, 0.6) is 0 Å². The van der Waals surface area contributed by atoms with Gasteiger partial charge in [0.1, 0.15) is 11.6 Å². The average Bonchev–Trinajstić information content (AvgIpc) is 2.35. The molecule has 1 aromatic carbocycles. The second-order valence-corrected chi connectivity index (χ2v) is 3.94. The molecular formula is C13H12N2O4. The molecular weight excluding hydrogens is 248 g/mol. The molecule has 0 aromatic heterocycles. The summed E-state index contributed by atoms with van der Waals surface area (Å²) in [6.45, 7) is 3.30. The molecule has 0 N–H and O–H groups in total. The lowest BCUT2D eigenvalue weighted by Crippen LogP contribution is -2.12. The number of nitro benzene ring substituents is 1. The third-order valence-electron chi connectivity index (χ3n) is 2.12. The number of carbonyl (C=O) groups excluding carboxylic acids is 1. The van der Waals surface area contributed by atoms with Crippen LogP contribution in [0.25, 0.3) is 6.08 Å². The molecule has 0 heterocycles. The van der Waals surface area contributed by atoms with Crippen LogP contribution < -0.4 is 0 Å². The number of hydrogen-bond acceptors (Lipinski definition) is 5. The minimum Gasteiger partial charge on any atom is -0.459 e. The Kier molecular flexibility index (Phi) is 4.77. The van der Waals surface area contributed by atoms with Crippen molar-refractivity contribution in [2.45, 2.75) is 20.0 Å². The smallest absolute Gasteiger partial charge is 0.349 e. The molecule has 0 aliphatic rings. The summed E-state index contributed by atoms with van der Waals surface area (Å²) >= 11 is 0. The second-order valence-electron chi connectivity index (χ2n) is 3.94. The van der Waals surface area contributed by atoms with Crippen LogP contribution in [0.1, 0.15) is 19.4 Å². The van der Waals surface area contributed by atoms with E-state index in [1.54, 1.807) is 26.0 Å². The highest BCUT2D eigenvalue weighted by atomic mass is 16.6. The van der Waals surface area contributed by atoms with E-state index in [1.807, 2.05) is 0 Å². The molecule has 98 valence electrons. The third kappa shape index (κ3) is 3.92. The van der Waals surface area contributed by atoms with Crippen molar-refractivity contribution in [1.82, 2.24) is 0 Å². The standard InChI is InChI=1S/C13H12N2O4/c1-9(2)19-13(16)11(8-14)7-10-5-3-4-6-12(10)15(17)18/h3-7,9H,1-2H3. The molecule has 0 amide bonds. The lowest BCUT2D eigenvalue weighted by Gasteiger charge is -2.06. The van der Waals surface area contributed by atoms with Crippen molar-refractivity contribution in [3.8, 4) is 6.07 Å². The molecule has 0 atom stereocenters. The van der Waals surface area contributed by atoms with Gasteiger partial charge in [0.05, 0.1) is 16.6 Å². The van der Waals surface area contributed by atoms with E-state index < -0.39 is 10.9 Å². The van der Waals surface area contributed by atoms with Gasteiger partial charge in [-0.25, -0.2) is 4.79 Å². The summed E-state index contributed by atoms with van der Waals surface area (Å²) in [4.78, 5) is 21.8. The Morgan fingerprint density at radius 1 is 1.47 bits per heavy atom. The Balaban J connectivity index is 3.16. The summed E-state index contributed by atoms with van der Waals surface area (Å²) in [5.41, 5.74) is -0.264. The first-order valence-electron chi connectivity index (χ1n) is 5.52. The van der Waals surface area contributed by atoms with Gasteiger partial charge in [0.2, 0.25) is 0 Å². The third-order valence-corrected chi connectivity index (χ3v) is 2.12. The topological polar surface area (TPSA) is 93.2 Å². The van der Waals surface area contributed by atoms with Gasteiger partial charge in [-0.3, -0.25) is 10.1 Å². The van der Waals surface area contributed by atoms with Crippen molar-refractivity contribution in [1.29, 1.82) is 5.26 Å². The highest BCUT2D eigenvalue weighted by molar-refractivity contribution is 5.98. The van der Waals surface area contributed by atoms with Crippen molar-refractivity contribution >= 4 is 17.7 Å². The molecule has 1 rings (SSSR count). The molecule has 0 aliphatic heterocycles. The van der Waals surface area contributed by atoms with Crippen LogP contribution >= 0.6 is 0 Å². The number of benzene rings is 1. The SMILES string of the molecule is CC(C)OC(=O)C(C#N)=Cc1ccccc1[N+](=O)[O-]. The number of nitro groups is 1. The quantitative estimate of drug-likeness (QED) is 0.272. The Morgan fingerprint density at radius 3 is 2.63 bits per heavy atom. The molecule has 0 aliphatic carbocycles. The predicted octanol–water partition coefficient (Wildman–Crippen LogP) is 2.45. The fourth-order valence-electron chi connectivity index (χ4n) is 1.35. The van der Waals surface area contributed by atoms with Crippen LogP contribution in [0.3, 0.4) is 0 Å². The number of esters is 1. The second kappa shape index (κ2) is 6.31. The van der Waals surface area contributed by atoms with Gasteiger partial charge in [0.15, 0.2) is 0 Å². The van der Waals surface area contributed by atoms with Gasteiger partial charge in [-0.05, 0) is 26.0 Å². The fraction of sp³-hybridized carbons (Fsp3) is 0.231. The lowest BCUT2D eigenvalue weighted by atomic mass is 10.1. The van der Waals surface area contributed by atoms with Gasteiger partial charge >= 0.3 is 5.97 Å². The molecule has 6 nitrogen and oxygen atoms in total. The van der Waals surface area contributed by atoms with Crippen LogP contribution in [-0.2, 0) is 9.53 Å². The number of hydrogen-bond donors (Lipinski definition) is 0. The summed E-state index contributed by atoms with van der Waals surface area (Å²) in [6, 6.07) is 7.54. The number of ether oxygens (including phenoxy) is 1. The molecule has 6 heteroatoms. The van der Waals surface area contributed by atoms with Gasteiger partial charge in [0, 0.05) is 6.07 Å². The van der Waals surface area contributed by atoms with E-state index in [0.717, 1.165) is 6.08 Å². The summed E-state index contributed by atoms with van der Waals surface area (Å²) in [5, 5.41) is 19.7. The highest BCUT2D eigenvalue weighted by Gasteiger charge is 2.16. The normalized spacial score (nSPS) is 10.9. The number of nitriles is 1. The van der Waals surface area contributed by atoms with Crippen LogP contribution in [0, 0.1) is 21.4 Å². The number of carbonyl (C=O) groups is 1. The van der Waals surface area contributed by atoms with Gasteiger partial charge in [0.25, 0.3) is 5.69 Å². The van der Waals surface area contributed by atoms with Crippen molar-refractivity contribution < 1.29 is 14.5 Å². The molecule has 0 spiro atoms. The molecule has 0 saturated carbocycles. The zero-order chi connectivity index (χ0) is 14.4. The van der Waals surface area contributed by atoms with E-state index in [-0.39, 0.29) is 22.9 Å². The zero-order valence-electron chi connectivity index (χ0n) is 10.5. The van der Waals surface area contributed by atoms with E-state index in [1.165, 1.54) is 18.2 Å². The highest BCUT2D eigenvalue weighted by Crippen LogP contribution is 2.20. The first-order valence-corrected chi connectivity index (χ1v) is 5.52. The fourth-order valence-corrected chi connectivity index (χ4v) is 1.35. The Bertz CT molecular complexity index is 570. The lowest BCUT2D eigenvalue weighted by molar-refractivity contribution is -0.385. The van der Waals surface area contributed by atoms with Crippen molar-refractivity contribution in [2.75, 3.05) is 0 Å². The number of para-hydroxylation sites is 1. The van der Waals surface area contributed by atoms with E-state index in [0.29, 0.717) is 0 Å². The minimum atomic E-state index is -0.796. The van der Waals surface area contributed by atoms with E-state index >= 15 is 0 Å². The molecule has 1 aromatic rings. The minimum absolute atomic E-state index is 0.174. The van der Waals surface area contributed by atoms with Gasteiger partial charge in [-0.2, -0.15) is 5.26 Å². The maximum atomic E-state index is 11.6. The van der Waals surface area contributed by atoms with Crippen molar-refractivity contribution in [3.05, 3.63) is 45.5 Å². The first kappa shape index (κ1) is 14.4. The van der Waals surface area contributed by atoms with E-state index in [4.69, 9.17) is 10.00 Å². The van der Waals surface area contributed by atoms with E-state index in [9.17, 15) is 14.9 Å². The predicted molar refractivity (Wildman–Crippen MR) is 67.9 cm³/mol. The first-order chi connectivity index (χ1) is 8.95. The molecule has 19 heavy (non-hydrogen) atoms. The monoisotopic (exact) mass is 260 g/mol. The van der Waals surface area contributed by atoms with Gasteiger partial charge in [-0.1, -0.05) is 12.1 Å². The van der Waals surface area contributed by atoms with Gasteiger partial charge < -0.3 is 4.74 Å². The number of rotatable bonds is 4. The average molecular weight is 260 g/mol. The van der Waals surface area contributed by atoms with Crippen molar-refractivity contribution in [3.63, 3.8) is 0 Å². The summed E-state index contributed by atoms with van der Waals surface area (Å²) < 4.78 is 4.88. The molecule has 0 radical (unpaired) electrons. The van der Waals surface area contributed by atoms with Crippen LogP contribution in [0.15, 0.2) is 29.8 Å². The number of nitrogens with zero attached hydrogens (tertiary/aromatic N) is 2. The summed E-state index contributed by atoms with van der Waals surface area (Å²) in [5.74, 6) is -0.796. The Hall–Kier alpha value is -2.68. The molecule has 0 fully saturated rings. The Morgan fingerprint density at radius 2 is 2.11 bits per heavy atom. The van der Waals surface area contributed by atoms with E-state index in [2.05, 4.69) is 0 Å². The maximum Gasteiger partial charge on any atom is 0.349 e. The summed E-state index contributed by atoms with van der Waals surface area (Å²) in [7, 11) is 0. The van der Waals surface area contributed by atoms with Crippen LogP contribution in [-0.4, -0.2) is 17.0 Å². The van der Waals surface area contributed by atoms with Crippen molar-refractivity contribution in [2.24, 2.45) is 0 Å². The van der Waals surface area contributed by atoms with Crippen LogP contribution in [0.2, 0.25) is 0 Å². The van der Waals surface area contributed by atoms with Crippen LogP contribution in [0.4, 0.5) is 5.69 Å². The van der Waals surface area contributed by atoms with Gasteiger partial charge in [-0.15, -0.1) is 0 Å². The summed E-state index contributed by atoms with van der Waals surface area (Å²) in [6.07, 6.45) is 0.790. The Labute approximate surface area is 110 Å². The zero-order valence-corrected chi connectivity index (χ0v) is 10.5.